The van der Waals surface area contributed by atoms with Crippen molar-refractivity contribution in [1.82, 2.24) is 19.8 Å². The number of piperidine rings is 1. The maximum absolute atomic E-state index is 13.8. The Labute approximate surface area is 186 Å². The lowest BCUT2D eigenvalue weighted by molar-refractivity contribution is -0.137. The van der Waals surface area contributed by atoms with Crippen LogP contribution in [0.3, 0.4) is 0 Å². The quantitative estimate of drug-likeness (QED) is 0.768. The van der Waals surface area contributed by atoms with Crippen molar-refractivity contribution in [2.75, 3.05) is 32.1 Å². The highest BCUT2D eigenvalue weighted by Crippen LogP contribution is 2.32. The summed E-state index contributed by atoms with van der Waals surface area (Å²) in [6.07, 6.45) is 3.26. The molecular weight excluding hydrogens is 413 g/mol. The molecule has 0 aliphatic carbocycles. The number of halogens is 1. The molecule has 1 fully saturated rings. The Balaban J connectivity index is 1.55. The molecule has 2 amide bonds. The number of rotatable bonds is 5. The van der Waals surface area contributed by atoms with Crippen molar-refractivity contribution in [2.45, 2.75) is 45.2 Å². The molecular formula is C23H28FN5O3. The molecule has 2 aliphatic rings. The van der Waals surface area contributed by atoms with Crippen LogP contribution in [0.15, 0.2) is 24.3 Å². The van der Waals surface area contributed by atoms with E-state index in [-0.39, 0.29) is 30.2 Å². The summed E-state index contributed by atoms with van der Waals surface area (Å²) in [5.41, 5.74) is 1.84. The number of nitrogens with one attached hydrogen (secondary N) is 1. The Hall–Kier alpha value is -3.23. The zero-order valence-electron chi connectivity index (χ0n) is 18.4. The van der Waals surface area contributed by atoms with Gasteiger partial charge in [0, 0.05) is 39.0 Å². The highest BCUT2D eigenvalue weighted by Gasteiger charge is 2.32. The second-order valence-electron chi connectivity index (χ2n) is 8.11. The largest absolute Gasteiger partial charge is 0.481 e. The van der Waals surface area contributed by atoms with E-state index in [1.165, 1.54) is 12.1 Å². The predicted molar refractivity (Wildman–Crippen MR) is 117 cm³/mol. The molecule has 0 spiro atoms. The van der Waals surface area contributed by atoms with Crippen LogP contribution in [0.2, 0.25) is 0 Å². The average molecular weight is 442 g/mol. The highest BCUT2D eigenvalue weighted by molar-refractivity contribution is 5.78. The Bertz CT molecular complexity index is 998. The van der Waals surface area contributed by atoms with E-state index in [0.29, 0.717) is 37.7 Å². The van der Waals surface area contributed by atoms with Crippen LogP contribution in [-0.4, -0.2) is 58.3 Å². The summed E-state index contributed by atoms with van der Waals surface area (Å²) in [5, 5.41) is 3.13. The van der Waals surface area contributed by atoms with Crippen LogP contribution in [0, 0.1) is 5.82 Å². The molecule has 0 bridgehead atoms. The monoisotopic (exact) mass is 441 g/mol. The van der Waals surface area contributed by atoms with Gasteiger partial charge in [-0.1, -0.05) is 12.1 Å². The Kier molecular flexibility index (Phi) is 6.53. The van der Waals surface area contributed by atoms with E-state index in [1.54, 1.807) is 35.9 Å². The fourth-order valence-electron chi connectivity index (χ4n) is 4.34. The number of hydrogen-bond acceptors (Lipinski definition) is 6. The molecule has 0 radical (unpaired) electrons. The van der Waals surface area contributed by atoms with Crippen molar-refractivity contribution in [3.8, 4) is 5.75 Å². The lowest BCUT2D eigenvalue weighted by atomic mass is 10.00. The summed E-state index contributed by atoms with van der Waals surface area (Å²) in [5.74, 6) is 0.673. The molecule has 1 aromatic carbocycles. The molecule has 8 nitrogen and oxygen atoms in total. The lowest BCUT2D eigenvalue weighted by Gasteiger charge is -2.36. The molecule has 2 aromatic rings. The maximum Gasteiger partial charge on any atom is 0.261 e. The summed E-state index contributed by atoms with van der Waals surface area (Å²) >= 11 is 0. The molecule has 2 aliphatic heterocycles. The summed E-state index contributed by atoms with van der Waals surface area (Å²) in [4.78, 5) is 37.9. The number of carbonyl (C=O) groups is 2. The first kappa shape index (κ1) is 22.0. The highest BCUT2D eigenvalue weighted by atomic mass is 19.1. The fourth-order valence-corrected chi connectivity index (χ4v) is 4.34. The van der Waals surface area contributed by atoms with Crippen LogP contribution in [0.5, 0.6) is 5.75 Å². The second kappa shape index (κ2) is 9.50. The van der Waals surface area contributed by atoms with Gasteiger partial charge >= 0.3 is 0 Å². The first-order chi connectivity index (χ1) is 15.5. The van der Waals surface area contributed by atoms with Gasteiger partial charge in [0.15, 0.2) is 24.0 Å². The van der Waals surface area contributed by atoms with Gasteiger partial charge in [0.25, 0.3) is 5.91 Å². The number of aromatic nitrogens is 2. The summed E-state index contributed by atoms with van der Waals surface area (Å²) in [6.45, 7) is 3.00. The van der Waals surface area contributed by atoms with Gasteiger partial charge in [-0.05, 0) is 31.4 Å². The molecule has 1 aromatic heterocycles. The van der Waals surface area contributed by atoms with E-state index >= 15 is 0 Å². The van der Waals surface area contributed by atoms with Gasteiger partial charge in [-0.25, -0.2) is 14.4 Å². The number of hydrogen-bond donors (Lipinski definition) is 1. The van der Waals surface area contributed by atoms with Gasteiger partial charge in [-0.15, -0.1) is 0 Å². The third-order valence-corrected chi connectivity index (χ3v) is 6.07. The van der Waals surface area contributed by atoms with Crippen molar-refractivity contribution in [1.29, 1.82) is 0 Å². The number of nitrogens with zero attached hydrogens (tertiary/aromatic N) is 4. The number of benzene rings is 1. The van der Waals surface area contributed by atoms with Gasteiger partial charge in [-0.2, -0.15) is 0 Å². The number of carbonyl (C=O) groups excluding carboxylic acids is 2. The first-order valence-corrected chi connectivity index (χ1v) is 11.0. The van der Waals surface area contributed by atoms with Gasteiger partial charge in [-0.3, -0.25) is 9.59 Å². The minimum Gasteiger partial charge on any atom is -0.481 e. The Morgan fingerprint density at radius 3 is 2.78 bits per heavy atom. The standard InChI is InChI=1S/C23H28FN5O3/c1-15(30)28-12-10-18-16(13-28)22(25-2)27-23(26-18)19-8-5-6-11-29(19)21(31)14-32-20-9-4-3-7-17(20)24/h3-4,7,9,19H,5-6,8,10-14H2,1-2H3,(H,25,26,27). The number of fused-ring (bicyclic) bond motifs is 1. The molecule has 1 saturated heterocycles. The van der Waals surface area contributed by atoms with Crippen LogP contribution >= 0.6 is 0 Å². The third-order valence-electron chi connectivity index (χ3n) is 6.07. The third kappa shape index (κ3) is 4.51. The molecule has 0 saturated carbocycles. The van der Waals surface area contributed by atoms with Crippen molar-refractivity contribution >= 4 is 17.6 Å². The smallest absolute Gasteiger partial charge is 0.261 e. The second-order valence-corrected chi connectivity index (χ2v) is 8.11. The summed E-state index contributed by atoms with van der Waals surface area (Å²) in [7, 11) is 1.80. The molecule has 170 valence electrons. The number of para-hydroxylation sites is 1. The van der Waals surface area contributed by atoms with E-state index in [2.05, 4.69) is 5.32 Å². The normalized spacial score (nSPS) is 18.2. The van der Waals surface area contributed by atoms with Crippen molar-refractivity contribution < 1.29 is 18.7 Å². The van der Waals surface area contributed by atoms with E-state index in [9.17, 15) is 14.0 Å². The van der Waals surface area contributed by atoms with E-state index in [4.69, 9.17) is 14.7 Å². The van der Waals surface area contributed by atoms with Gasteiger partial charge in [0.2, 0.25) is 5.91 Å². The van der Waals surface area contributed by atoms with Crippen molar-refractivity contribution in [2.24, 2.45) is 0 Å². The van der Waals surface area contributed by atoms with Crippen LogP contribution in [0.4, 0.5) is 10.2 Å². The number of likely N-dealkylation sites (tertiary alicyclic amines) is 1. The average Bonchev–Trinajstić information content (AvgIpc) is 2.82. The Morgan fingerprint density at radius 2 is 2.03 bits per heavy atom. The van der Waals surface area contributed by atoms with Gasteiger partial charge in [0.1, 0.15) is 5.82 Å². The fraction of sp³-hybridized carbons (Fsp3) is 0.478. The summed E-state index contributed by atoms with van der Waals surface area (Å²) in [6, 6.07) is 5.79. The molecule has 1 N–H and O–H groups in total. The minimum absolute atomic E-state index is 0.0284. The molecule has 3 heterocycles. The van der Waals surface area contributed by atoms with Crippen molar-refractivity contribution in [3.63, 3.8) is 0 Å². The molecule has 4 rings (SSSR count). The van der Waals surface area contributed by atoms with E-state index < -0.39 is 5.82 Å². The zero-order valence-corrected chi connectivity index (χ0v) is 18.4. The first-order valence-electron chi connectivity index (χ1n) is 11.0. The van der Waals surface area contributed by atoms with Crippen LogP contribution in [0.1, 0.15) is 49.3 Å². The molecule has 9 heteroatoms. The molecule has 1 unspecified atom stereocenters. The van der Waals surface area contributed by atoms with Crippen molar-refractivity contribution in [3.05, 3.63) is 47.2 Å². The van der Waals surface area contributed by atoms with Crippen LogP contribution in [-0.2, 0) is 22.6 Å². The molecule has 1 atom stereocenters. The topological polar surface area (TPSA) is 87.7 Å². The van der Waals surface area contributed by atoms with Gasteiger partial charge in [0.05, 0.1) is 18.3 Å². The van der Waals surface area contributed by atoms with Crippen LogP contribution < -0.4 is 10.1 Å². The molecule has 32 heavy (non-hydrogen) atoms. The minimum atomic E-state index is -0.494. The number of amides is 2. The predicted octanol–water partition coefficient (Wildman–Crippen LogP) is 2.69. The summed E-state index contributed by atoms with van der Waals surface area (Å²) < 4.78 is 19.3. The number of ether oxygens (including phenoxy) is 1. The van der Waals surface area contributed by atoms with E-state index in [0.717, 1.165) is 30.5 Å². The SMILES string of the molecule is CNc1nc(C2CCCCN2C(=O)COc2ccccc2F)nc2c1CN(C(C)=O)CC2. The Morgan fingerprint density at radius 1 is 1.22 bits per heavy atom. The van der Waals surface area contributed by atoms with Crippen LogP contribution in [0.25, 0.3) is 0 Å². The lowest BCUT2D eigenvalue weighted by Crippen LogP contribution is -2.42. The van der Waals surface area contributed by atoms with Gasteiger partial charge < -0.3 is 19.9 Å². The number of anilines is 1. The van der Waals surface area contributed by atoms with E-state index in [1.807, 2.05) is 0 Å². The zero-order chi connectivity index (χ0) is 22.7. The maximum atomic E-state index is 13.8.